The minimum Gasteiger partial charge on any atom is -0.342 e. The lowest BCUT2D eigenvalue weighted by Gasteiger charge is -2.32. The summed E-state index contributed by atoms with van der Waals surface area (Å²) in [5.74, 6) is 0.225. The van der Waals surface area contributed by atoms with Gasteiger partial charge in [0.2, 0.25) is 5.91 Å². The lowest BCUT2D eigenvalue weighted by Crippen LogP contribution is -2.42. The van der Waals surface area contributed by atoms with Gasteiger partial charge in [-0.1, -0.05) is 37.1 Å². The second kappa shape index (κ2) is 6.94. The van der Waals surface area contributed by atoms with Crippen LogP contribution in [0.1, 0.15) is 39.0 Å². The van der Waals surface area contributed by atoms with Gasteiger partial charge in [-0.05, 0) is 31.9 Å². The van der Waals surface area contributed by atoms with Crippen LogP contribution < -0.4 is 0 Å². The predicted octanol–water partition coefficient (Wildman–Crippen LogP) is 3.35. The quantitative estimate of drug-likeness (QED) is 0.792. The van der Waals surface area contributed by atoms with Crippen molar-refractivity contribution in [3.05, 3.63) is 24.4 Å². The number of hydrogen-bond donors (Lipinski definition) is 0. The first-order valence-corrected chi connectivity index (χ1v) is 7.91. The third kappa shape index (κ3) is 3.96. The monoisotopic (exact) mass is 278 g/mol. The molecule has 1 aromatic rings. The van der Waals surface area contributed by atoms with Gasteiger partial charge in [-0.3, -0.25) is 4.79 Å². The Kier molecular flexibility index (Phi) is 5.25. The third-order valence-corrected chi connectivity index (χ3v) is 4.79. The molecule has 19 heavy (non-hydrogen) atoms. The minimum atomic E-state index is -0.0678. The van der Waals surface area contributed by atoms with Crippen LogP contribution in [0.5, 0.6) is 0 Å². The van der Waals surface area contributed by atoms with Gasteiger partial charge in [0.25, 0.3) is 0 Å². The highest BCUT2D eigenvalue weighted by Crippen LogP contribution is 2.26. The van der Waals surface area contributed by atoms with Crippen LogP contribution in [0.2, 0.25) is 0 Å². The van der Waals surface area contributed by atoms with Crippen LogP contribution in [-0.2, 0) is 4.79 Å². The van der Waals surface area contributed by atoms with E-state index in [0.717, 1.165) is 17.9 Å². The van der Waals surface area contributed by atoms with Crippen LogP contribution in [0.25, 0.3) is 0 Å². The number of thioether (sulfide) groups is 1. The summed E-state index contributed by atoms with van der Waals surface area (Å²) in [6, 6.07) is 6.24. The first kappa shape index (κ1) is 14.4. The van der Waals surface area contributed by atoms with Gasteiger partial charge in [0, 0.05) is 19.3 Å². The van der Waals surface area contributed by atoms with Crippen molar-refractivity contribution in [1.29, 1.82) is 0 Å². The van der Waals surface area contributed by atoms with E-state index in [9.17, 15) is 4.79 Å². The Morgan fingerprint density at radius 1 is 1.37 bits per heavy atom. The molecule has 0 aromatic carbocycles. The van der Waals surface area contributed by atoms with E-state index in [1.165, 1.54) is 19.3 Å². The topological polar surface area (TPSA) is 33.2 Å². The van der Waals surface area contributed by atoms with Gasteiger partial charge in [-0.2, -0.15) is 0 Å². The Balaban J connectivity index is 1.90. The molecule has 1 amide bonds. The van der Waals surface area contributed by atoms with E-state index in [4.69, 9.17) is 0 Å². The summed E-state index contributed by atoms with van der Waals surface area (Å²) in [6.45, 7) is 1.97. The zero-order valence-corrected chi connectivity index (χ0v) is 12.5. The molecule has 1 aromatic heterocycles. The average Bonchev–Trinajstić information content (AvgIpc) is 2.47. The molecule has 1 aliphatic rings. The largest absolute Gasteiger partial charge is 0.342 e. The number of pyridine rings is 1. The molecule has 0 saturated heterocycles. The Hall–Kier alpha value is -1.03. The molecule has 2 rings (SSSR count). The van der Waals surface area contributed by atoms with Crippen molar-refractivity contribution in [3.63, 3.8) is 0 Å². The summed E-state index contributed by atoms with van der Waals surface area (Å²) in [4.78, 5) is 18.6. The molecule has 1 atom stereocenters. The van der Waals surface area contributed by atoms with Crippen LogP contribution in [0, 0.1) is 0 Å². The first-order valence-electron chi connectivity index (χ1n) is 7.03. The van der Waals surface area contributed by atoms with Crippen molar-refractivity contribution < 1.29 is 4.79 Å². The molecular formula is C15H22N2OS. The normalized spacial score (nSPS) is 18.0. The molecule has 1 fully saturated rings. The highest BCUT2D eigenvalue weighted by molar-refractivity contribution is 8.00. The summed E-state index contributed by atoms with van der Waals surface area (Å²) >= 11 is 1.54. The highest BCUT2D eigenvalue weighted by Gasteiger charge is 2.26. The summed E-state index contributed by atoms with van der Waals surface area (Å²) in [5, 5.41) is 0.849. The summed E-state index contributed by atoms with van der Waals surface area (Å²) in [7, 11) is 1.95. The summed E-state index contributed by atoms with van der Waals surface area (Å²) in [5.41, 5.74) is 0. The molecule has 4 heteroatoms. The first-order chi connectivity index (χ1) is 9.18. The SMILES string of the molecule is CC(Sc1ccccn1)C(=O)N(C)C1CCCCC1. The standard InChI is InChI=1S/C15H22N2OS/c1-12(19-14-10-6-7-11-16-14)15(18)17(2)13-8-4-3-5-9-13/h6-7,10-13H,3-5,8-9H2,1-2H3. The fraction of sp³-hybridized carbons (Fsp3) is 0.600. The third-order valence-electron chi connectivity index (χ3n) is 3.75. The van der Waals surface area contributed by atoms with Crippen molar-refractivity contribution in [3.8, 4) is 0 Å². The maximum Gasteiger partial charge on any atom is 0.235 e. The van der Waals surface area contributed by atoms with Gasteiger partial charge in [-0.15, -0.1) is 0 Å². The average molecular weight is 278 g/mol. The molecule has 0 N–H and O–H groups in total. The second-order valence-corrected chi connectivity index (χ2v) is 6.53. The zero-order chi connectivity index (χ0) is 13.7. The number of carbonyl (C=O) groups is 1. The maximum atomic E-state index is 12.4. The van der Waals surface area contributed by atoms with Gasteiger partial charge in [0.1, 0.15) is 0 Å². The smallest absolute Gasteiger partial charge is 0.235 e. The molecule has 1 saturated carbocycles. The molecule has 0 radical (unpaired) electrons. The maximum absolute atomic E-state index is 12.4. The summed E-state index contributed by atoms with van der Waals surface area (Å²) in [6.07, 6.45) is 7.90. The van der Waals surface area contributed by atoms with E-state index in [0.29, 0.717) is 6.04 Å². The van der Waals surface area contributed by atoms with E-state index in [-0.39, 0.29) is 11.2 Å². The Morgan fingerprint density at radius 2 is 2.11 bits per heavy atom. The van der Waals surface area contributed by atoms with E-state index < -0.39 is 0 Å². The van der Waals surface area contributed by atoms with Crippen LogP contribution in [0.15, 0.2) is 29.4 Å². The van der Waals surface area contributed by atoms with Crippen LogP contribution in [0.3, 0.4) is 0 Å². The molecule has 0 spiro atoms. The number of hydrogen-bond acceptors (Lipinski definition) is 3. The van der Waals surface area contributed by atoms with Gasteiger partial charge in [-0.25, -0.2) is 4.98 Å². The second-order valence-electron chi connectivity index (χ2n) is 5.17. The highest BCUT2D eigenvalue weighted by atomic mass is 32.2. The molecular weight excluding hydrogens is 256 g/mol. The van der Waals surface area contributed by atoms with E-state index in [1.54, 1.807) is 18.0 Å². The van der Waals surface area contributed by atoms with Crippen molar-refractivity contribution in [2.45, 2.75) is 55.3 Å². The van der Waals surface area contributed by atoms with Gasteiger partial charge >= 0.3 is 0 Å². The lowest BCUT2D eigenvalue weighted by molar-refractivity contribution is -0.131. The Bertz CT molecular complexity index is 404. The zero-order valence-electron chi connectivity index (χ0n) is 11.7. The van der Waals surface area contributed by atoms with Crippen LogP contribution in [0.4, 0.5) is 0 Å². The lowest BCUT2D eigenvalue weighted by atomic mass is 9.94. The fourth-order valence-electron chi connectivity index (χ4n) is 2.58. The molecule has 1 unspecified atom stereocenters. The van der Waals surface area contributed by atoms with Gasteiger partial charge < -0.3 is 4.90 Å². The molecule has 0 aliphatic heterocycles. The number of amides is 1. The Morgan fingerprint density at radius 3 is 2.74 bits per heavy atom. The van der Waals surface area contributed by atoms with Gasteiger partial charge in [0.15, 0.2) is 0 Å². The number of carbonyl (C=O) groups excluding carboxylic acids is 1. The molecule has 1 aliphatic carbocycles. The Labute approximate surface area is 119 Å². The summed E-state index contributed by atoms with van der Waals surface area (Å²) < 4.78 is 0. The predicted molar refractivity (Wildman–Crippen MR) is 79.2 cm³/mol. The van der Waals surface area contributed by atoms with Crippen molar-refractivity contribution in [2.24, 2.45) is 0 Å². The molecule has 3 nitrogen and oxygen atoms in total. The van der Waals surface area contributed by atoms with E-state index in [1.807, 2.05) is 37.1 Å². The number of aromatic nitrogens is 1. The van der Waals surface area contributed by atoms with Crippen molar-refractivity contribution in [2.75, 3.05) is 7.05 Å². The van der Waals surface area contributed by atoms with Crippen LogP contribution in [-0.4, -0.2) is 34.1 Å². The van der Waals surface area contributed by atoms with Crippen molar-refractivity contribution in [1.82, 2.24) is 9.88 Å². The van der Waals surface area contributed by atoms with Crippen LogP contribution >= 0.6 is 11.8 Å². The molecule has 104 valence electrons. The van der Waals surface area contributed by atoms with Gasteiger partial charge in [0.05, 0.1) is 10.3 Å². The van der Waals surface area contributed by atoms with E-state index >= 15 is 0 Å². The number of nitrogens with zero attached hydrogens (tertiary/aromatic N) is 2. The molecule has 1 heterocycles. The number of rotatable bonds is 4. The van der Waals surface area contributed by atoms with E-state index in [2.05, 4.69) is 4.98 Å². The minimum absolute atomic E-state index is 0.0678. The fourth-order valence-corrected chi connectivity index (χ4v) is 3.49. The molecule has 0 bridgehead atoms. The van der Waals surface area contributed by atoms with Crippen molar-refractivity contribution >= 4 is 17.7 Å².